The average Bonchev–Trinajstić information content (AvgIpc) is 2.41. The molecule has 2 aromatic rings. The molecule has 0 aliphatic heterocycles. The number of nitrogen functional groups attached to an aromatic ring is 1. The van der Waals surface area contributed by atoms with Crippen molar-refractivity contribution in [2.75, 3.05) is 17.7 Å². The van der Waals surface area contributed by atoms with Crippen LogP contribution in [0.1, 0.15) is 15.9 Å². The molecular formula is C14H14BrN3O. The molecule has 1 heterocycles. The summed E-state index contributed by atoms with van der Waals surface area (Å²) in [4.78, 5) is 18.0. The van der Waals surface area contributed by atoms with E-state index < -0.39 is 0 Å². The first kappa shape index (κ1) is 13.5. The van der Waals surface area contributed by atoms with Gasteiger partial charge in [-0.15, -0.1) is 0 Å². The lowest BCUT2D eigenvalue weighted by atomic mass is 10.1. The van der Waals surface area contributed by atoms with E-state index in [-0.39, 0.29) is 5.91 Å². The summed E-state index contributed by atoms with van der Waals surface area (Å²) in [5, 5.41) is 0. The third kappa shape index (κ3) is 2.93. The summed E-state index contributed by atoms with van der Waals surface area (Å²) < 4.78 is 0.880. The Labute approximate surface area is 120 Å². The second-order valence-electron chi connectivity index (χ2n) is 4.26. The molecule has 0 saturated carbocycles. The van der Waals surface area contributed by atoms with Crippen LogP contribution >= 0.6 is 15.9 Å². The third-order valence-corrected chi connectivity index (χ3v) is 3.39. The maximum atomic E-state index is 12.4. The molecule has 0 fully saturated rings. The Morgan fingerprint density at radius 1 is 1.32 bits per heavy atom. The molecule has 0 saturated heterocycles. The van der Waals surface area contributed by atoms with Gasteiger partial charge in [-0.1, -0.05) is 22.0 Å². The number of amides is 1. The molecule has 2 rings (SSSR count). The summed E-state index contributed by atoms with van der Waals surface area (Å²) >= 11 is 3.38. The molecule has 0 bridgehead atoms. The lowest BCUT2D eigenvalue weighted by Crippen LogP contribution is -2.27. The number of halogens is 1. The molecule has 1 aromatic carbocycles. The standard InChI is InChI=1S/C14H14BrN3O/c1-9-3-4-10(15)7-12(9)14(19)18(2)11-5-6-13(16)17-8-11/h3-8H,1-2H3,(H2,16,17). The monoisotopic (exact) mass is 319 g/mol. The highest BCUT2D eigenvalue weighted by Gasteiger charge is 2.16. The topological polar surface area (TPSA) is 59.2 Å². The second-order valence-corrected chi connectivity index (χ2v) is 5.18. The van der Waals surface area contributed by atoms with Crippen molar-refractivity contribution in [2.24, 2.45) is 0 Å². The Morgan fingerprint density at radius 3 is 2.68 bits per heavy atom. The highest BCUT2D eigenvalue weighted by Crippen LogP contribution is 2.20. The number of hydrogen-bond acceptors (Lipinski definition) is 3. The number of carbonyl (C=O) groups excluding carboxylic acids is 1. The summed E-state index contributed by atoms with van der Waals surface area (Å²) in [6, 6.07) is 9.09. The first-order valence-corrected chi connectivity index (χ1v) is 6.54. The number of benzene rings is 1. The fourth-order valence-corrected chi connectivity index (χ4v) is 2.08. The van der Waals surface area contributed by atoms with Gasteiger partial charge in [0.2, 0.25) is 0 Å². The highest BCUT2D eigenvalue weighted by atomic mass is 79.9. The van der Waals surface area contributed by atoms with Crippen LogP contribution < -0.4 is 10.6 Å². The van der Waals surface area contributed by atoms with Crippen molar-refractivity contribution in [3.63, 3.8) is 0 Å². The van der Waals surface area contributed by atoms with Crippen LogP contribution in [0.2, 0.25) is 0 Å². The Kier molecular flexibility index (Phi) is 3.85. The van der Waals surface area contributed by atoms with Crippen molar-refractivity contribution in [3.05, 3.63) is 52.1 Å². The Morgan fingerprint density at radius 2 is 2.05 bits per heavy atom. The molecule has 0 unspecified atom stereocenters. The van der Waals surface area contributed by atoms with E-state index >= 15 is 0 Å². The van der Waals surface area contributed by atoms with Gasteiger partial charge in [-0.2, -0.15) is 0 Å². The summed E-state index contributed by atoms with van der Waals surface area (Å²) in [6.45, 7) is 1.91. The SMILES string of the molecule is Cc1ccc(Br)cc1C(=O)N(C)c1ccc(N)nc1. The van der Waals surface area contributed by atoms with E-state index in [9.17, 15) is 4.79 Å². The zero-order valence-electron chi connectivity index (χ0n) is 10.7. The zero-order valence-corrected chi connectivity index (χ0v) is 12.3. The molecule has 5 heteroatoms. The van der Waals surface area contributed by atoms with Crippen LogP contribution in [0.25, 0.3) is 0 Å². The predicted octanol–water partition coefficient (Wildman–Crippen LogP) is 3.01. The Bertz CT molecular complexity index is 611. The van der Waals surface area contributed by atoms with Gasteiger partial charge in [-0.25, -0.2) is 4.98 Å². The van der Waals surface area contributed by atoms with E-state index in [1.54, 1.807) is 30.3 Å². The number of aryl methyl sites for hydroxylation is 1. The van der Waals surface area contributed by atoms with Gasteiger partial charge in [0, 0.05) is 17.1 Å². The van der Waals surface area contributed by atoms with Gasteiger partial charge in [0.25, 0.3) is 5.91 Å². The van der Waals surface area contributed by atoms with Gasteiger partial charge in [0.15, 0.2) is 0 Å². The minimum Gasteiger partial charge on any atom is -0.384 e. The molecule has 0 aliphatic carbocycles. The Balaban J connectivity index is 2.33. The lowest BCUT2D eigenvalue weighted by molar-refractivity contribution is 0.0992. The van der Waals surface area contributed by atoms with Gasteiger partial charge in [-0.3, -0.25) is 4.79 Å². The van der Waals surface area contributed by atoms with Gasteiger partial charge in [0.1, 0.15) is 5.82 Å². The van der Waals surface area contributed by atoms with Gasteiger partial charge < -0.3 is 10.6 Å². The van der Waals surface area contributed by atoms with E-state index in [1.807, 2.05) is 25.1 Å². The summed E-state index contributed by atoms with van der Waals surface area (Å²) in [5.41, 5.74) is 7.84. The van der Waals surface area contributed by atoms with E-state index in [2.05, 4.69) is 20.9 Å². The van der Waals surface area contributed by atoms with E-state index in [0.29, 0.717) is 17.1 Å². The van der Waals surface area contributed by atoms with Crippen LogP contribution in [0.3, 0.4) is 0 Å². The number of nitrogens with two attached hydrogens (primary N) is 1. The molecular weight excluding hydrogens is 306 g/mol. The molecule has 2 N–H and O–H groups in total. The number of aromatic nitrogens is 1. The Hall–Kier alpha value is -1.88. The minimum absolute atomic E-state index is 0.0784. The third-order valence-electron chi connectivity index (χ3n) is 2.89. The summed E-state index contributed by atoms with van der Waals surface area (Å²) in [5.74, 6) is 0.355. The fraction of sp³-hybridized carbons (Fsp3) is 0.143. The molecule has 0 atom stereocenters. The number of rotatable bonds is 2. The maximum absolute atomic E-state index is 12.4. The van der Waals surface area contributed by atoms with Crippen molar-refractivity contribution in [1.29, 1.82) is 0 Å². The molecule has 19 heavy (non-hydrogen) atoms. The summed E-state index contributed by atoms with van der Waals surface area (Å²) in [7, 11) is 1.72. The average molecular weight is 320 g/mol. The number of nitrogens with zero attached hydrogens (tertiary/aromatic N) is 2. The predicted molar refractivity (Wildman–Crippen MR) is 80.3 cm³/mol. The first-order chi connectivity index (χ1) is 8.99. The number of pyridine rings is 1. The van der Waals surface area contributed by atoms with Crippen molar-refractivity contribution in [3.8, 4) is 0 Å². The maximum Gasteiger partial charge on any atom is 0.258 e. The minimum atomic E-state index is -0.0784. The van der Waals surface area contributed by atoms with Crippen LogP contribution in [-0.2, 0) is 0 Å². The zero-order chi connectivity index (χ0) is 14.0. The van der Waals surface area contributed by atoms with Crippen LogP contribution in [0.15, 0.2) is 41.0 Å². The van der Waals surface area contributed by atoms with E-state index in [0.717, 1.165) is 10.0 Å². The van der Waals surface area contributed by atoms with Crippen molar-refractivity contribution in [2.45, 2.75) is 6.92 Å². The second kappa shape index (κ2) is 5.40. The summed E-state index contributed by atoms with van der Waals surface area (Å²) in [6.07, 6.45) is 1.58. The van der Waals surface area contributed by atoms with Gasteiger partial charge in [0.05, 0.1) is 11.9 Å². The fourth-order valence-electron chi connectivity index (χ4n) is 1.72. The van der Waals surface area contributed by atoms with E-state index in [4.69, 9.17) is 5.73 Å². The molecule has 1 amide bonds. The van der Waals surface area contributed by atoms with Crippen molar-refractivity contribution >= 4 is 33.3 Å². The van der Waals surface area contributed by atoms with Gasteiger partial charge >= 0.3 is 0 Å². The first-order valence-electron chi connectivity index (χ1n) is 5.75. The highest BCUT2D eigenvalue weighted by molar-refractivity contribution is 9.10. The molecule has 0 spiro atoms. The normalized spacial score (nSPS) is 10.3. The van der Waals surface area contributed by atoms with E-state index in [1.165, 1.54) is 0 Å². The molecule has 0 aliphatic rings. The molecule has 0 radical (unpaired) electrons. The smallest absolute Gasteiger partial charge is 0.258 e. The molecule has 4 nitrogen and oxygen atoms in total. The van der Waals surface area contributed by atoms with Crippen LogP contribution in [0.4, 0.5) is 11.5 Å². The number of carbonyl (C=O) groups is 1. The lowest BCUT2D eigenvalue weighted by Gasteiger charge is -2.18. The quantitative estimate of drug-likeness (QED) is 0.925. The van der Waals surface area contributed by atoms with Crippen LogP contribution in [-0.4, -0.2) is 17.9 Å². The largest absolute Gasteiger partial charge is 0.384 e. The number of hydrogen-bond donors (Lipinski definition) is 1. The number of anilines is 2. The molecule has 98 valence electrons. The van der Waals surface area contributed by atoms with Gasteiger partial charge in [-0.05, 0) is 36.8 Å². The molecule has 1 aromatic heterocycles. The van der Waals surface area contributed by atoms with Crippen LogP contribution in [0, 0.1) is 6.92 Å². The van der Waals surface area contributed by atoms with Crippen molar-refractivity contribution < 1.29 is 4.79 Å². The van der Waals surface area contributed by atoms with Crippen LogP contribution in [0.5, 0.6) is 0 Å². The van der Waals surface area contributed by atoms with Crippen molar-refractivity contribution in [1.82, 2.24) is 4.98 Å².